The molecule has 0 amide bonds. The van der Waals surface area contributed by atoms with Crippen LogP contribution >= 0.6 is 0 Å². The lowest BCUT2D eigenvalue weighted by atomic mass is 9.87. The molecule has 0 spiro atoms. The van der Waals surface area contributed by atoms with Gasteiger partial charge < -0.3 is 9.74 Å². The predicted octanol–water partition coefficient (Wildman–Crippen LogP) is 3.22. The third-order valence-corrected chi connectivity index (χ3v) is 10.2. The second-order valence-corrected chi connectivity index (χ2v) is 12.9. The molecule has 1 saturated carbocycles. The topological polar surface area (TPSA) is 24.5 Å². The summed E-state index contributed by atoms with van der Waals surface area (Å²) < 4.78 is 6.35. The van der Waals surface area contributed by atoms with Gasteiger partial charge in [-0.3, -0.25) is 4.90 Å². The van der Waals surface area contributed by atoms with Crippen molar-refractivity contribution in [3.8, 4) is 0 Å². The van der Waals surface area contributed by atoms with Gasteiger partial charge in [-0.1, -0.05) is 33.6 Å². The molecule has 0 aromatic carbocycles. The Hall–Kier alpha value is 0.0969. The van der Waals surface area contributed by atoms with Crippen LogP contribution in [0.2, 0.25) is 18.1 Å². The first kappa shape index (κ1) is 16.5. The molecule has 1 aliphatic heterocycles. The van der Waals surface area contributed by atoms with Gasteiger partial charge in [-0.15, -0.1) is 0 Å². The highest BCUT2D eigenvalue weighted by Gasteiger charge is 2.38. The summed E-state index contributed by atoms with van der Waals surface area (Å²) >= 11 is 0. The fourth-order valence-electron chi connectivity index (χ4n) is 3.26. The molecule has 2 rings (SSSR count). The van der Waals surface area contributed by atoms with Gasteiger partial charge >= 0.3 is 0 Å². The highest BCUT2D eigenvalue weighted by Crippen LogP contribution is 2.36. The Labute approximate surface area is 126 Å². The molecule has 4 heteroatoms. The number of hydrogen-bond acceptors (Lipinski definition) is 3. The summed E-state index contributed by atoms with van der Waals surface area (Å²) in [5.74, 6) is 0. The standard InChI is InChI=1S/C16H34N2OSi/c1-16(2,3)20(4,5)19-13-12-18-11-10-17-14-8-6-7-9-15(14)18/h14-15,17H,6-13H2,1-5H3/t14-,15-/m0/s1. The molecule has 1 aliphatic carbocycles. The molecule has 0 unspecified atom stereocenters. The third kappa shape index (κ3) is 3.84. The Morgan fingerprint density at radius 3 is 2.60 bits per heavy atom. The maximum absolute atomic E-state index is 6.35. The van der Waals surface area contributed by atoms with Gasteiger partial charge in [0.25, 0.3) is 0 Å². The highest BCUT2D eigenvalue weighted by molar-refractivity contribution is 6.74. The zero-order chi connectivity index (χ0) is 14.8. The summed E-state index contributed by atoms with van der Waals surface area (Å²) in [6.45, 7) is 16.1. The van der Waals surface area contributed by atoms with Crippen molar-refractivity contribution in [3.63, 3.8) is 0 Å². The molecule has 3 nitrogen and oxygen atoms in total. The summed E-state index contributed by atoms with van der Waals surface area (Å²) in [6.07, 6.45) is 5.55. The van der Waals surface area contributed by atoms with Gasteiger partial charge in [-0.2, -0.15) is 0 Å². The minimum Gasteiger partial charge on any atom is -0.416 e. The SMILES string of the molecule is CC(C)(C)[Si](C)(C)OCCN1CCN[C@H]2CCCC[C@@H]21. The van der Waals surface area contributed by atoms with E-state index in [9.17, 15) is 0 Å². The lowest BCUT2D eigenvalue weighted by Crippen LogP contribution is -2.59. The summed E-state index contributed by atoms with van der Waals surface area (Å²) in [5.41, 5.74) is 0. The van der Waals surface area contributed by atoms with E-state index in [1.807, 2.05) is 0 Å². The Kier molecular flexibility index (Phi) is 5.33. The van der Waals surface area contributed by atoms with Crippen molar-refractivity contribution in [2.45, 2.75) is 76.7 Å². The van der Waals surface area contributed by atoms with Crippen LogP contribution in [0, 0.1) is 0 Å². The van der Waals surface area contributed by atoms with E-state index in [0.717, 1.165) is 31.8 Å². The molecule has 1 heterocycles. The van der Waals surface area contributed by atoms with Crippen molar-refractivity contribution in [3.05, 3.63) is 0 Å². The first-order valence-corrected chi connectivity index (χ1v) is 11.3. The Morgan fingerprint density at radius 1 is 1.20 bits per heavy atom. The molecule has 0 bridgehead atoms. The molecular formula is C16H34N2OSi. The molecule has 0 aromatic rings. The summed E-state index contributed by atoms with van der Waals surface area (Å²) in [6, 6.07) is 1.51. The number of nitrogens with one attached hydrogen (secondary N) is 1. The normalized spacial score (nSPS) is 29.2. The summed E-state index contributed by atoms with van der Waals surface area (Å²) in [7, 11) is -1.58. The van der Waals surface area contributed by atoms with Gasteiger partial charge in [0.1, 0.15) is 0 Å². The summed E-state index contributed by atoms with van der Waals surface area (Å²) in [4.78, 5) is 2.69. The van der Waals surface area contributed by atoms with E-state index >= 15 is 0 Å². The first-order chi connectivity index (χ1) is 9.31. The van der Waals surface area contributed by atoms with Gasteiger partial charge in [0.05, 0.1) is 0 Å². The highest BCUT2D eigenvalue weighted by atomic mass is 28.4. The zero-order valence-corrected chi connectivity index (χ0v) is 15.2. The molecule has 0 aromatic heterocycles. The molecule has 2 fully saturated rings. The number of rotatable bonds is 4. The lowest BCUT2D eigenvalue weighted by molar-refractivity contribution is 0.0724. The van der Waals surface area contributed by atoms with Crippen LogP contribution in [-0.2, 0) is 4.43 Å². The van der Waals surface area contributed by atoms with E-state index in [0.29, 0.717) is 5.04 Å². The number of nitrogens with zero attached hydrogens (tertiary/aromatic N) is 1. The van der Waals surface area contributed by atoms with Gasteiger partial charge in [0, 0.05) is 38.3 Å². The van der Waals surface area contributed by atoms with Crippen LogP contribution in [0.25, 0.3) is 0 Å². The van der Waals surface area contributed by atoms with E-state index < -0.39 is 8.32 Å². The number of fused-ring (bicyclic) bond motifs is 1. The summed E-state index contributed by atoms with van der Waals surface area (Å²) in [5, 5.41) is 4.03. The second-order valence-electron chi connectivity index (χ2n) is 8.06. The monoisotopic (exact) mass is 298 g/mol. The Bertz CT molecular complexity index is 312. The predicted molar refractivity (Wildman–Crippen MR) is 88.8 cm³/mol. The minimum absolute atomic E-state index is 0.323. The zero-order valence-electron chi connectivity index (χ0n) is 14.2. The van der Waals surface area contributed by atoms with E-state index in [2.05, 4.69) is 44.1 Å². The van der Waals surface area contributed by atoms with Crippen LogP contribution in [0.5, 0.6) is 0 Å². The van der Waals surface area contributed by atoms with Crippen molar-refractivity contribution in [2.75, 3.05) is 26.2 Å². The molecule has 2 aliphatic rings. The quantitative estimate of drug-likeness (QED) is 0.807. The van der Waals surface area contributed by atoms with E-state index in [4.69, 9.17) is 4.43 Å². The van der Waals surface area contributed by atoms with Crippen LogP contribution < -0.4 is 5.32 Å². The van der Waals surface area contributed by atoms with Gasteiger partial charge in [0.15, 0.2) is 8.32 Å². The Balaban J connectivity index is 1.81. The van der Waals surface area contributed by atoms with Crippen LogP contribution in [0.3, 0.4) is 0 Å². The third-order valence-electron chi connectivity index (χ3n) is 5.65. The van der Waals surface area contributed by atoms with Crippen molar-refractivity contribution in [1.82, 2.24) is 10.2 Å². The fourth-order valence-corrected chi connectivity index (χ4v) is 4.29. The van der Waals surface area contributed by atoms with Crippen molar-refractivity contribution < 1.29 is 4.43 Å². The molecule has 2 atom stereocenters. The van der Waals surface area contributed by atoms with Gasteiger partial charge in [-0.25, -0.2) is 0 Å². The molecule has 20 heavy (non-hydrogen) atoms. The number of hydrogen-bond donors (Lipinski definition) is 1. The molecule has 0 radical (unpaired) electrons. The fraction of sp³-hybridized carbons (Fsp3) is 1.00. The molecule has 1 N–H and O–H groups in total. The van der Waals surface area contributed by atoms with Gasteiger partial charge in [-0.05, 0) is 31.0 Å². The van der Waals surface area contributed by atoms with Crippen molar-refractivity contribution in [1.29, 1.82) is 0 Å². The van der Waals surface area contributed by atoms with E-state index in [-0.39, 0.29) is 0 Å². The van der Waals surface area contributed by atoms with E-state index in [1.54, 1.807) is 0 Å². The average Bonchev–Trinajstić information content (AvgIpc) is 2.37. The van der Waals surface area contributed by atoms with Crippen LogP contribution in [0.15, 0.2) is 0 Å². The molecule has 118 valence electrons. The number of piperazine rings is 1. The smallest absolute Gasteiger partial charge is 0.192 e. The maximum atomic E-state index is 6.35. The largest absolute Gasteiger partial charge is 0.416 e. The maximum Gasteiger partial charge on any atom is 0.192 e. The average molecular weight is 299 g/mol. The molecular weight excluding hydrogens is 264 g/mol. The van der Waals surface area contributed by atoms with Crippen molar-refractivity contribution in [2.24, 2.45) is 0 Å². The van der Waals surface area contributed by atoms with Crippen LogP contribution in [-0.4, -0.2) is 51.5 Å². The second kappa shape index (κ2) is 6.47. The molecule has 1 saturated heterocycles. The van der Waals surface area contributed by atoms with Crippen LogP contribution in [0.1, 0.15) is 46.5 Å². The lowest BCUT2D eigenvalue weighted by Gasteiger charge is -2.45. The Morgan fingerprint density at radius 2 is 1.90 bits per heavy atom. The van der Waals surface area contributed by atoms with Gasteiger partial charge in [0.2, 0.25) is 0 Å². The van der Waals surface area contributed by atoms with E-state index in [1.165, 1.54) is 32.2 Å². The van der Waals surface area contributed by atoms with Crippen molar-refractivity contribution >= 4 is 8.32 Å². The first-order valence-electron chi connectivity index (χ1n) is 8.43. The van der Waals surface area contributed by atoms with Crippen LogP contribution in [0.4, 0.5) is 0 Å². The minimum atomic E-state index is -1.58.